The molecule has 1 fully saturated rings. The summed E-state index contributed by atoms with van der Waals surface area (Å²) < 4.78 is 0. The van der Waals surface area contributed by atoms with Crippen molar-refractivity contribution >= 4 is 0 Å². The molecule has 0 amide bonds. The van der Waals surface area contributed by atoms with E-state index in [0.29, 0.717) is 6.04 Å². The second kappa shape index (κ2) is 5.68. The van der Waals surface area contributed by atoms with Crippen LogP contribution in [0.15, 0.2) is 24.3 Å². The number of hydrogen-bond donors (Lipinski definition) is 1. The smallest absolute Gasteiger partial charge is 0.0346 e. The van der Waals surface area contributed by atoms with Gasteiger partial charge in [-0.1, -0.05) is 44.5 Å². The summed E-state index contributed by atoms with van der Waals surface area (Å²) in [6.07, 6.45) is 5.27. The van der Waals surface area contributed by atoms with Gasteiger partial charge in [0.25, 0.3) is 0 Å². The Balaban J connectivity index is 2.14. The minimum absolute atomic E-state index is 0.527. The monoisotopic (exact) mass is 231 g/mol. The Hall–Kier alpha value is -0.820. The molecule has 1 heteroatoms. The van der Waals surface area contributed by atoms with Crippen molar-refractivity contribution in [3.63, 3.8) is 0 Å². The van der Waals surface area contributed by atoms with Crippen molar-refractivity contribution in [1.82, 2.24) is 5.32 Å². The molecule has 1 N–H and O–H groups in total. The highest BCUT2D eigenvalue weighted by Crippen LogP contribution is 2.42. The largest absolute Gasteiger partial charge is 0.313 e. The SMILES string of the molecule is CCCc1cccc(C(NC)C(C)C2CC2)c1. The van der Waals surface area contributed by atoms with Crippen molar-refractivity contribution in [3.8, 4) is 0 Å². The van der Waals surface area contributed by atoms with Gasteiger partial charge in [0, 0.05) is 6.04 Å². The van der Waals surface area contributed by atoms with E-state index in [2.05, 4.69) is 50.5 Å². The van der Waals surface area contributed by atoms with Gasteiger partial charge < -0.3 is 5.32 Å². The maximum absolute atomic E-state index is 3.51. The molecule has 0 radical (unpaired) electrons. The fraction of sp³-hybridized carbons (Fsp3) is 0.625. The quantitative estimate of drug-likeness (QED) is 0.782. The molecule has 2 rings (SSSR count). The van der Waals surface area contributed by atoms with Crippen LogP contribution in [-0.4, -0.2) is 7.05 Å². The highest BCUT2D eigenvalue weighted by molar-refractivity contribution is 5.27. The maximum Gasteiger partial charge on any atom is 0.0346 e. The zero-order valence-corrected chi connectivity index (χ0v) is 11.4. The second-order valence-corrected chi connectivity index (χ2v) is 5.46. The van der Waals surface area contributed by atoms with Crippen molar-refractivity contribution in [2.24, 2.45) is 11.8 Å². The first-order valence-corrected chi connectivity index (χ1v) is 7.02. The van der Waals surface area contributed by atoms with Crippen molar-refractivity contribution in [1.29, 1.82) is 0 Å². The van der Waals surface area contributed by atoms with Crippen molar-refractivity contribution < 1.29 is 0 Å². The van der Waals surface area contributed by atoms with Gasteiger partial charge in [-0.05, 0) is 49.3 Å². The van der Waals surface area contributed by atoms with E-state index >= 15 is 0 Å². The molecule has 1 nitrogen and oxygen atoms in total. The summed E-state index contributed by atoms with van der Waals surface area (Å²) >= 11 is 0. The molecule has 0 spiro atoms. The predicted octanol–water partition coefficient (Wildman–Crippen LogP) is 3.95. The highest BCUT2D eigenvalue weighted by atomic mass is 14.9. The lowest BCUT2D eigenvalue weighted by Gasteiger charge is -2.24. The zero-order chi connectivity index (χ0) is 12.3. The van der Waals surface area contributed by atoms with Crippen molar-refractivity contribution in [3.05, 3.63) is 35.4 Å². The predicted molar refractivity (Wildman–Crippen MR) is 74.1 cm³/mol. The molecular weight excluding hydrogens is 206 g/mol. The third-order valence-electron chi connectivity index (χ3n) is 4.05. The Morgan fingerprint density at radius 2 is 2.12 bits per heavy atom. The van der Waals surface area contributed by atoms with Gasteiger partial charge in [-0.25, -0.2) is 0 Å². The van der Waals surface area contributed by atoms with Gasteiger partial charge in [0.15, 0.2) is 0 Å². The standard InChI is InChI=1S/C16H25N/c1-4-6-13-7-5-8-15(11-13)16(17-3)12(2)14-9-10-14/h5,7-8,11-12,14,16-17H,4,6,9-10H2,1-3H3. The number of rotatable bonds is 6. The lowest BCUT2D eigenvalue weighted by Crippen LogP contribution is -2.24. The zero-order valence-electron chi connectivity index (χ0n) is 11.4. The van der Waals surface area contributed by atoms with Gasteiger partial charge in [-0.2, -0.15) is 0 Å². The Labute approximate surface area is 106 Å². The maximum atomic E-state index is 3.51. The molecule has 0 bridgehead atoms. The number of benzene rings is 1. The Morgan fingerprint density at radius 1 is 1.35 bits per heavy atom. The minimum atomic E-state index is 0.527. The van der Waals surface area contributed by atoms with E-state index < -0.39 is 0 Å². The van der Waals surface area contributed by atoms with Crippen LogP contribution in [0.3, 0.4) is 0 Å². The minimum Gasteiger partial charge on any atom is -0.313 e. The van der Waals surface area contributed by atoms with Crippen LogP contribution in [0.5, 0.6) is 0 Å². The molecule has 0 saturated heterocycles. The summed E-state index contributed by atoms with van der Waals surface area (Å²) in [6.45, 7) is 4.64. The molecule has 0 heterocycles. The first-order valence-electron chi connectivity index (χ1n) is 7.02. The normalized spacial score (nSPS) is 19.0. The molecule has 1 aliphatic rings. The topological polar surface area (TPSA) is 12.0 Å². The van der Waals surface area contributed by atoms with E-state index in [-0.39, 0.29) is 0 Å². The highest BCUT2D eigenvalue weighted by Gasteiger charge is 2.33. The molecule has 0 aliphatic heterocycles. The van der Waals surface area contributed by atoms with Crippen molar-refractivity contribution in [2.45, 2.75) is 45.6 Å². The fourth-order valence-electron chi connectivity index (χ4n) is 2.86. The third-order valence-corrected chi connectivity index (χ3v) is 4.05. The van der Waals surface area contributed by atoms with Crippen molar-refractivity contribution in [2.75, 3.05) is 7.05 Å². The Morgan fingerprint density at radius 3 is 2.71 bits per heavy atom. The Bertz CT molecular complexity index is 354. The third kappa shape index (κ3) is 3.10. The summed E-state index contributed by atoms with van der Waals surface area (Å²) in [5.74, 6) is 1.71. The van der Waals surface area contributed by atoms with Gasteiger partial charge in [-0.15, -0.1) is 0 Å². The molecule has 1 aliphatic carbocycles. The van der Waals surface area contributed by atoms with Gasteiger partial charge >= 0.3 is 0 Å². The second-order valence-electron chi connectivity index (χ2n) is 5.46. The fourth-order valence-corrected chi connectivity index (χ4v) is 2.86. The number of aryl methyl sites for hydroxylation is 1. The molecule has 2 atom stereocenters. The van der Waals surface area contributed by atoms with Crippen LogP contribution in [0.25, 0.3) is 0 Å². The average molecular weight is 231 g/mol. The summed E-state index contributed by atoms with van der Waals surface area (Å²) in [5, 5.41) is 3.51. The van der Waals surface area contributed by atoms with Gasteiger partial charge in [-0.3, -0.25) is 0 Å². The van der Waals surface area contributed by atoms with E-state index in [1.165, 1.54) is 36.8 Å². The molecule has 2 unspecified atom stereocenters. The molecule has 1 saturated carbocycles. The van der Waals surface area contributed by atoms with Crippen LogP contribution < -0.4 is 5.32 Å². The van der Waals surface area contributed by atoms with Gasteiger partial charge in [0.05, 0.1) is 0 Å². The molecule has 1 aromatic rings. The van der Waals surface area contributed by atoms with Crippen LogP contribution in [0.1, 0.15) is 50.3 Å². The summed E-state index contributed by atoms with van der Waals surface area (Å²) in [5.41, 5.74) is 2.95. The van der Waals surface area contributed by atoms with Gasteiger partial charge in [0.1, 0.15) is 0 Å². The van der Waals surface area contributed by atoms with Crippen LogP contribution >= 0.6 is 0 Å². The van der Waals surface area contributed by atoms with Crippen LogP contribution in [0.4, 0.5) is 0 Å². The van der Waals surface area contributed by atoms with E-state index in [1.54, 1.807) is 0 Å². The van der Waals surface area contributed by atoms with Crippen LogP contribution in [-0.2, 0) is 6.42 Å². The lowest BCUT2D eigenvalue weighted by molar-refractivity contribution is 0.369. The number of hydrogen-bond acceptors (Lipinski definition) is 1. The molecular formula is C16H25N. The molecule has 94 valence electrons. The first kappa shape index (κ1) is 12.6. The average Bonchev–Trinajstić information content (AvgIpc) is 3.14. The van der Waals surface area contributed by atoms with Gasteiger partial charge in [0.2, 0.25) is 0 Å². The van der Waals surface area contributed by atoms with E-state index in [4.69, 9.17) is 0 Å². The van der Waals surface area contributed by atoms with E-state index in [0.717, 1.165) is 11.8 Å². The van der Waals surface area contributed by atoms with E-state index in [9.17, 15) is 0 Å². The number of nitrogens with one attached hydrogen (secondary N) is 1. The molecule has 0 aromatic heterocycles. The molecule has 17 heavy (non-hydrogen) atoms. The first-order chi connectivity index (χ1) is 8.26. The van der Waals surface area contributed by atoms with Crippen LogP contribution in [0, 0.1) is 11.8 Å². The summed E-state index contributed by atoms with van der Waals surface area (Å²) in [7, 11) is 2.09. The summed E-state index contributed by atoms with van der Waals surface area (Å²) in [4.78, 5) is 0. The molecule has 1 aromatic carbocycles. The van der Waals surface area contributed by atoms with Crippen LogP contribution in [0.2, 0.25) is 0 Å². The summed E-state index contributed by atoms with van der Waals surface area (Å²) in [6, 6.07) is 9.66. The Kier molecular flexibility index (Phi) is 4.22. The van der Waals surface area contributed by atoms with E-state index in [1.807, 2.05) is 0 Å². The lowest BCUT2D eigenvalue weighted by atomic mass is 9.89.